The monoisotopic (exact) mass is 309 g/mol. The van der Waals surface area contributed by atoms with E-state index < -0.39 is 0 Å². The molecule has 0 bridgehead atoms. The molecule has 0 spiro atoms. The Labute approximate surface area is 125 Å². The number of hydrogen-bond acceptors (Lipinski definition) is 7. The van der Waals surface area contributed by atoms with Gasteiger partial charge in [-0.05, 0) is 12.1 Å². The smallest absolute Gasteiger partial charge is 0.257 e. The number of anilines is 1. The molecule has 0 aliphatic carbocycles. The van der Waals surface area contributed by atoms with Crippen molar-refractivity contribution in [3.05, 3.63) is 28.8 Å². The van der Waals surface area contributed by atoms with Crippen LogP contribution in [0.15, 0.2) is 18.2 Å². The van der Waals surface area contributed by atoms with E-state index in [1.807, 2.05) is 0 Å². The average Bonchev–Trinajstić information content (AvgIpc) is 2.94. The van der Waals surface area contributed by atoms with E-state index in [1.165, 1.54) is 25.6 Å². The van der Waals surface area contributed by atoms with Crippen molar-refractivity contribution < 1.29 is 19.0 Å². The molecule has 1 amide bonds. The topological polar surface area (TPSA) is 82.6 Å². The van der Waals surface area contributed by atoms with Crippen molar-refractivity contribution in [3.8, 4) is 11.5 Å². The van der Waals surface area contributed by atoms with Gasteiger partial charge in [-0.15, -0.1) is 10.2 Å². The second-order valence-electron chi connectivity index (χ2n) is 3.99. The number of rotatable bonds is 6. The van der Waals surface area contributed by atoms with Crippen molar-refractivity contribution >= 4 is 22.4 Å². The van der Waals surface area contributed by atoms with E-state index >= 15 is 0 Å². The molecule has 1 aromatic heterocycles. The Morgan fingerprint density at radius 1 is 1.14 bits per heavy atom. The Hall–Kier alpha value is -2.19. The van der Waals surface area contributed by atoms with Crippen molar-refractivity contribution in [1.29, 1.82) is 0 Å². The van der Waals surface area contributed by atoms with Gasteiger partial charge in [0.05, 0.1) is 14.2 Å². The predicted octanol–water partition coefficient (Wildman–Crippen LogP) is 1.95. The van der Waals surface area contributed by atoms with Crippen LogP contribution in [0, 0.1) is 0 Å². The lowest BCUT2D eigenvalue weighted by Crippen LogP contribution is -2.12. The second kappa shape index (κ2) is 7.00. The number of carbonyl (C=O) groups is 1. The Balaban J connectivity index is 2.15. The number of aromatic nitrogens is 2. The van der Waals surface area contributed by atoms with Crippen LogP contribution in [0.2, 0.25) is 0 Å². The van der Waals surface area contributed by atoms with Gasteiger partial charge in [-0.3, -0.25) is 10.1 Å². The van der Waals surface area contributed by atoms with E-state index in [2.05, 4.69) is 15.5 Å². The molecule has 0 fully saturated rings. The molecule has 0 aliphatic rings. The molecule has 0 unspecified atom stereocenters. The molecular formula is C13H15N3O4S. The van der Waals surface area contributed by atoms with Crippen LogP contribution in [-0.2, 0) is 11.3 Å². The maximum absolute atomic E-state index is 12.2. The first kappa shape index (κ1) is 15.2. The number of hydrogen-bond donors (Lipinski definition) is 1. The molecule has 0 aliphatic heterocycles. The third kappa shape index (κ3) is 3.89. The first-order valence-electron chi connectivity index (χ1n) is 6.02. The number of carbonyl (C=O) groups excluding carboxylic acids is 1. The van der Waals surface area contributed by atoms with Gasteiger partial charge in [0, 0.05) is 18.7 Å². The zero-order valence-corrected chi connectivity index (χ0v) is 12.7. The zero-order valence-electron chi connectivity index (χ0n) is 11.9. The van der Waals surface area contributed by atoms with Gasteiger partial charge in [0.25, 0.3) is 5.91 Å². The SMILES string of the molecule is COCc1nnc(NC(=O)c2cc(OC)cc(OC)c2)s1. The van der Waals surface area contributed by atoms with Crippen molar-refractivity contribution in [2.45, 2.75) is 6.61 Å². The molecule has 2 aromatic rings. The summed E-state index contributed by atoms with van der Waals surface area (Å²) in [7, 11) is 4.62. The molecule has 0 saturated carbocycles. The standard InChI is InChI=1S/C13H15N3O4S/c1-18-7-11-15-16-13(21-11)14-12(17)8-4-9(19-2)6-10(5-8)20-3/h4-6H,7H2,1-3H3,(H,14,16,17). The van der Waals surface area contributed by atoms with E-state index in [1.54, 1.807) is 25.3 Å². The molecule has 0 atom stereocenters. The minimum atomic E-state index is -0.313. The third-order valence-corrected chi connectivity index (χ3v) is 3.38. The fourth-order valence-corrected chi connectivity index (χ4v) is 2.30. The lowest BCUT2D eigenvalue weighted by molar-refractivity contribution is 0.102. The molecule has 1 N–H and O–H groups in total. The maximum Gasteiger partial charge on any atom is 0.257 e. The van der Waals surface area contributed by atoms with Gasteiger partial charge in [-0.1, -0.05) is 11.3 Å². The maximum atomic E-state index is 12.2. The highest BCUT2D eigenvalue weighted by atomic mass is 32.1. The van der Waals surface area contributed by atoms with Crippen molar-refractivity contribution in [1.82, 2.24) is 10.2 Å². The first-order chi connectivity index (χ1) is 10.2. The first-order valence-corrected chi connectivity index (χ1v) is 6.83. The van der Waals surface area contributed by atoms with Crippen molar-refractivity contribution in [2.24, 2.45) is 0 Å². The summed E-state index contributed by atoms with van der Waals surface area (Å²) in [6, 6.07) is 4.93. The predicted molar refractivity (Wildman–Crippen MR) is 78.1 cm³/mol. The number of amides is 1. The summed E-state index contributed by atoms with van der Waals surface area (Å²) in [6.45, 7) is 0.362. The highest BCUT2D eigenvalue weighted by Gasteiger charge is 2.13. The van der Waals surface area contributed by atoms with Gasteiger partial charge in [-0.2, -0.15) is 0 Å². The minimum Gasteiger partial charge on any atom is -0.497 e. The second-order valence-corrected chi connectivity index (χ2v) is 5.05. The van der Waals surface area contributed by atoms with Crippen LogP contribution in [0.25, 0.3) is 0 Å². The zero-order chi connectivity index (χ0) is 15.2. The van der Waals surface area contributed by atoms with Crippen LogP contribution < -0.4 is 14.8 Å². The Bertz CT molecular complexity index is 607. The van der Waals surface area contributed by atoms with Crippen LogP contribution >= 0.6 is 11.3 Å². The van der Waals surface area contributed by atoms with Crippen LogP contribution in [0.3, 0.4) is 0 Å². The summed E-state index contributed by atoms with van der Waals surface area (Å²) >= 11 is 1.26. The molecule has 1 aromatic carbocycles. The largest absolute Gasteiger partial charge is 0.497 e. The molecule has 0 radical (unpaired) electrons. The molecule has 7 nitrogen and oxygen atoms in total. The lowest BCUT2D eigenvalue weighted by Gasteiger charge is -2.07. The average molecular weight is 309 g/mol. The molecular weight excluding hydrogens is 294 g/mol. The number of benzene rings is 1. The van der Waals surface area contributed by atoms with Crippen LogP contribution in [-0.4, -0.2) is 37.4 Å². The lowest BCUT2D eigenvalue weighted by atomic mass is 10.2. The van der Waals surface area contributed by atoms with Gasteiger partial charge in [0.15, 0.2) is 0 Å². The summed E-state index contributed by atoms with van der Waals surface area (Å²) in [5.74, 6) is 0.765. The van der Waals surface area contributed by atoms with E-state index in [4.69, 9.17) is 14.2 Å². The molecule has 1 heterocycles. The molecule has 0 saturated heterocycles. The summed E-state index contributed by atoms with van der Waals surface area (Å²) in [5.41, 5.74) is 0.412. The summed E-state index contributed by atoms with van der Waals surface area (Å²) in [5, 5.41) is 11.6. The molecule has 112 valence electrons. The summed E-state index contributed by atoms with van der Waals surface area (Å²) < 4.78 is 15.2. The quantitative estimate of drug-likeness (QED) is 0.878. The van der Waals surface area contributed by atoms with Gasteiger partial charge in [0.2, 0.25) is 5.13 Å². The fraction of sp³-hybridized carbons (Fsp3) is 0.308. The highest BCUT2D eigenvalue weighted by molar-refractivity contribution is 7.15. The van der Waals surface area contributed by atoms with E-state index in [0.717, 1.165) is 0 Å². The van der Waals surface area contributed by atoms with Crippen molar-refractivity contribution in [2.75, 3.05) is 26.6 Å². The molecule has 2 rings (SSSR count). The van der Waals surface area contributed by atoms with E-state index in [0.29, 0.717) is 33.8 Å². The Kier molecular flexibility index (Phi) is 5.07. The summed E-state index contributed by atoms with van der Waals surface area (Å²) in [4.78, 5) is 12.2. The number of methoxy groups -OCH3 is 3. The number of ether oxygens (including phenoxy) is 3. The van der Waals surface area contributed by atoms with Gasteiger partial charge in [-0.25, -0.2) is 0 Å². The van der Waals surface area contributed by atoms with Crippen molar-refractivity contribution in [3.63, 3.8) is 0 Å². The highest BCUT2D eigenvalue weighted by Crippen LogP contribution is 2.24. The van der Waals surface area contributed by atoms with Gasteiger partial charge in [0.1, 0.15) is 23.1 Å². The van der Waals surface area contributed by atoms with Crippen LogP contribution in [0.5, 0.6) is 11.5 Å². The van der Waals surface area contributed by atoms with E-state index in [9.17, 15) is 4.79 Å². The third-order valence-electron chi connectivity index (χ3n) is 2.57. The minimum absolute atomic E-state index is 0.313. The Morgan fingerprint density at radius 3 is 2.38 bits per heavy atom. The fourth-order valence-electron chi connectivity index (χ4n) is 1.59. The normalized spacial score (nSPS) is 10.2. The van der Waals surface area contributed by atoms with Gasteiger partial charge < -0.3 is 14.2 Å². The molecule has 21 heavy (non-hydrogen) atoms. The van der Waals surface area contributed by atoms with Gasteiger partial charge >= 0.3 is 0 Å². The molecule has 8 heteroatoms. The Morgan fingerprint density at radius 2 is 1.81 bits per heavy atom. The van der Waals surface area contributed by atoms with Crippen LogP contribution in [0.4, 0.5) is 5.13 Å². The number of nitrogens with zero attached hydrogens (tertiary/aromatic N) is 2. The van der Waals surface area contributed by atoms with Crippen LogP contribution in [0.1, 0.15) is 15.4 Å². The summed E-state index contributed by atoms with van der Waals surface area (Å²) in [6.07, 6.45) is 0. The van der Waals surface area contributed by atoms with E-state index in [-0.39, 0.29) is 5.91 Å². The number of nitrogens with one attached hydrogen (secondary N) is 1.